The molecule has 2 N–H and O–H groups in total. The molecular weight excluding hydrogens is 242 g/mol. The van der Waals surface area contributed by atoms with Gasteiger partial charge in [0.05, 0.1) is 6.04 Å². The van der Waals surface area contributed by atoms with E-state index >= 15 is 0 Å². The summed E-state index contributed by atoms with van der Waals surface area (Å²) in [5.74, 6) is 0.423. The largest absolute Gasteiger partial charge is 0.396 e. The number of aliphatic hydroxyl groups excluding tert-OH is 1. The predicted octanol–water partition coefficient (Wildman–Crippen LogP) is 0.400. The van der Waals surface area contributed by atoms with E-state index in [4.69, 9.17) is 5.11 Å². The Balaban J connectivity index is 2.14. The van der Waals surface area contributed by atoms with Crippen molar-refractivity contribution in [2.24, 2.45) is 5.92 Å². The maximum absolute atomic E-state index is 12.1. The number of rotatable bonds is 4. The second-order valence-corrected chi connectivity index (χ2v) is 5.17. The van der Waals surface area contributed by atoms with E-state index in [0.29, 0.717) is 25.4 Å². The SMILES string of the molecule is CC1CNC(=O)C(CCO)N(Cc2cccnc2)C1. The monoisotopic (exact) mass is 263 g/mol. The Labute approximate surface area is 113 Å². The molecule has 5 heteroatoms. The van der Waals surface area contributed by atoms with E-state index in [1.54, 1.807) is 6.20 Å². The van der Waals surface area contributed by atoms with Crippen LogP contribution in [-0.2, 0) is 11.3 Å². The Hall–Kier alpha value is -1.46. The molecule has 1 aliphatic heterocycles. The highest BCUT2D eigenvalue weighted by Gasteiger charge is 2.29. The minimum absolute atomic E-state index is 0.0160. The summed E-state index contributed by atoms with van der Waals surface area (Å²) in [5.41, 5.74) is 1.09. The maximum Gasteiger partial charge on any atom is 0.237 e. The van der Waals surface area contributed by atoms with E-state index < -0.39 is 0 Å². The van der Waals surface area contributed by atoms with Gasteiger partial charge in [-0.15, -0.1) is 0 Å². The lowest BCUT2D eigenvalue weighted by Gasteiger charge is -2.28. The number of hydrogen-bond donors (Lipinski definition) is 2. The van der Waals surface area contributed by atoms with Gasteiger partial charge in [0.1, 0.15) is 0 Å². The molecule has 1 aliphatic rings. The summed E-state index contributed by atoms with van der Waals surface area (Å²) in [4.78, 5) is 18.3. The zero-order chi connectivity index (χ0) is 13.7. The van der Waals surface area contributed by atoms with Crippen LogP contribution in [0.4, 0.5) is 0 Å². The molecule has 2 rings (SSSR count). The first-order valence-corrected chi connectivity index (χ1v) is 6.72. The molecule has 2 unspecified atom stereocenters. The second-order valence-electron chi connectivity index (χ2n) is 5.17. The van der Waals surface area contributed by atoms with Gasteiger partial charge < -0.3 is 10.4 Å². The normalized spacial score (nSPS) is 24.8. The van der Waals surface area contributed by atoms with Crippen LogP contribution in [0.15, 0.2) is 24.5 Å². The third-order valence-electron chi connectivity index (χ3n) is 3.43. The van der Waals surface area contributed by atoms with E-state index in [1.807, 2.05) is 18.3 Å². The number of aliphatic hydroxyl groups is 1. The topological polar surface area (TPSA) is 65.5 Å². The Kier molecular flexibility index (Phi) is 4.87. The van der Waals surface area contributed by atoms with Crippen molar-refractivity contribution in [1.82, 2.24) is 15.2 Å². The van der Waals surface area contributed by atoms with Crippen molar-refractivity contribution < 1.29 is 9.90 Å². The Morgan fingerprint density at radius 2 is 2.42 bits per heavy atom. The second kappa shape index (κ2) is 6.63. The summed E-state index contributed by atoms with van der Waals surface area (Å²) in [6.07, 6.45) is 4.04. The highest BCUT2D eigenvalue weighted by molar-refractivity contribution is 5.82. The molecule has 0 bridgehead atoms. The summed E-state index contributed by atoms with van der Waals surface area (Å²) in [6, 6.07) is 3.66. The molecule has 0 saturated carbocycles. The number of nitrogens with zero attached hydrogens (tertiary/aromatic N) is 2. The summed E-state index contributed by atoms with van der Waals surface area (Å²) in [5, 5.41) is 12.1. The number of pyridine rings is 1. The van der Waals surface area contributed by atoms with Crippen molar-refractivity contribution in [3.63, 3.8) is 0 Å². The van der Waals surface area contributed by atoms with Gasteiger partial charge in [-0.3, -0.25) is 14.7 Å². The van der Waals surface area contributed by atoms with Crippen molar-refractivity contribution in [1.29, 1.82) is 0 Å². The van der Waals surface area contributed by atoms with Crippen molar-refractivity contribution in [3.05, 3.63) is 30.1 Å². The van der Waals surface area contributed by atoms with Gasteiger partial charge in [-0.25, -0.2) is 0 Å². The van der Waals surface area contributed by atoms with E-state index in [0.717, 1.165) is 12.1 Å². The van der Waals surface area contributed by atoms with E-state index in [1.165, 1.54) is 0 Å². The van der Waals surface area contributed by atoms with Crippen LogP contribution >= 0.6 is 0 Å². The van der Waals surface area contributed by atoms with E-state index in [-0.39, 0.29) is 18.6 Å². The lowest BCUT2D eigenvalue weighted by Crippen LogP contribution is -2.44. The first kappa shape index (κ1) is 14.0. The molecule has 2 atom stereocenters. The van der Waals surface area contributed by atoms with Gasteiger partial charge in [-0.2, -0.15) is 0 Å². The summed E-state index contributed by atoms with van der Waals surface area (Å²) >= 11 is 0. The third kappa shape index (κ3) is 3.75. The number of aromatic nitrogens is 1. The van der Waals surface area contributed by atoms with Crippen LogP contribution in [-0.4, -0.2) is 46.6 Å². The highest BCUT2D eigenvalue weighted by atomic mass is 16.3. The predicted molar refractivity (Wildman–Crippen MR) is 72.3 cm³/mol. The Morgan fingerprint density at radius 3 is 3.11 bits per heavy atom. The number of amides is 1. The molecule has 1 aromatic heterocycles. The van der Waals surface area contributed by atoms with Gasteiger partial charge in [0, 0.05) is 38.6 Å². The lowest BCUT2D eigenvalue weighted by atomic mass is 10.1. The zero-order valence-electron chi connectivity index (χ0n) is 11.2. The fraction of sp³-hybridized carbons (Fsp3) is 0.571. The lowest BCUT2D eigenvalue weighted by molar-refractivity contribution is -0.126. The minimum atomic E-state index is -0.254. The molecule has 1 fully saturated rings. The molecular formula is C14H21N3O2. The number of carbonyl (C=O) groups is 1. The molecule has 2 heterocycles. The molecule has 0 aromatic carbocycles. The van der Waals surface area contributed by atoms with Gasteiger partial charge >= 0.3 is 0 Å². The average molecular weight is 263 g/mol. The molecule has 1 aromatic rings. The molecule has 1 amide bonds. The first-order valence-electron chi connectivity index (χ1n) is 6.72. The van der Waals surface area contributed by atoms with Gasteiger partial charge in [-0.1, -0.05) is 13.0 Å². The quantitative estimate of drug-likeness (QED) is 0.825. The molecule has 104 valence electrons. The number of hydrogen-bond acceptors (Lipinski definition) is 4. The van der Waals surface area contributed by atoms with Crippen molar-refractivity contribution in [2.45, 2.75) is 25.9 Å². The van der Waals surface area contributed by atoms with Crippen LogP contribution in [0.5, 0.6) is 0 Å². The Morgan fingerprint density at radius 1 is 1.58 bits per heavy atom. The zero-order valence-corrected chi connectivity index (χ0v) is 11.2. The van der Waals surface area contributed by atoms with Crippen LogP contribution in [0, 0.1) is 5.92 Å². The molecule has 5 nitrogen and oxygen atoms in total. The first-order chi connectivity index (χ1) is 9.20. The third-order valence-corrected chi connectivity index (χ3v) is 3.43. The van der Waals surface area contributed by atoms with Crippen molar-refractivity contribution in [2.75, 3.05) is 19.7 Å². The standard InChI is InChI=1S/C14H21N3O2/c1-11-7-16-14(19)13(4-6-18)17(9-11)10-12-3-2-5-15-8-12/h2-3,5,8,11,13,18H,4,6-7,9-10H2,1H3,(H,16,19). The van der Waals surface area contributed by atoms with E-state index in [2.05, 4.69) is 22.1 Å². The average Bonchev–Trinajstić information content (AvgIpc) is 2.54. The molecule has 19 heavy (non-hydrogen) atoms. The summed E-state index contributed by atoms with van der Waals surface area (Å²) in [6.45, 7) is 4.38. The Bertz CT molecular complexity index is 410. The van der Waals surface area contributed by atoms with Crippen LogP contribution in [0.2, 0.25) is 0 Å². The van der Waals surface area contributed by atoms with Gasteiger partial charge in [0.15, 0.2) is 0 Å². The molecule has 1 saturated heterocycles. The molecule has 0 spiro atoms. The van der Waals surface area contributed by atoms with E-state index in [9.17, 15) is 4.79 Å². The summed E-state index contributed by atoms with van der Waals surface area (Å²) in [7, 11) is 0. The van der Waals surface area contributed by atoms with Crippen molar-refractivity contribution in [3.8, 4) is 0 Å². The van der Waals surface area contributed by atoms with Crippen LogP contribution in [0.25, 0.3) is 0 Å². The van der Waals surface area contributed by atoms with Gasteiger partial charge in [0.25, 0.3) is 0 Å². The van der Waals surface area contributed by atoms with Gasteiger partial charge in [0.2, 0.25) is 5.91 Å². The summed E-state index contributed by atoms with van der Waals surface area (Å²) < 4.78 is 0. The van der Waals surface area contributed by atoms with Crippen LogP contribution in [0.1, 0.15) is 18.9 Å². The van der Waals surface area contributed by atoms with Crippen molar-refractivity contribution >= 4 is 5.91 Å². The van der Waals surface area contributed by atoms with Crippen LogP contribution < -0.4 is 5.32 Å². The minimum Gasteiger partial charge on any atom is -0.396 e. The number of carbonyl (C=O) groups excluding carboxylic acids is 1. The maximum atomic E-state index is 12.1. The smallest absolute Gasteiger partial charge is 0.237 e. The molecule has 0 radical (unpaired) electrons. The fourth-order valence-corrected chi connectivity index (χ4v) is 2.49. The molecule has 0 aliphatic carbocycles. The fourth-order valence-electron chi connectivity index (χ4n) is 2.49. The van der Waals surface area contributed by atoms with Crippen LogP contribution in [0.3, 0.4) is 0 Å². The highest BCUT2D eigenvalue weighted by Crippen LogP contribution is 2.15. The van der Waals surface area contributed by atoms with Gasteiger partial charge in [-0.05, 0) is 24.0 Å². The number of nitrogens with one attached hydrogen (secondary N) is 1.